The van der Waals surface area contributed by atoms with Gasteiger partial charge >= 0.3 is 0 Å². The van der Waals surface area contributed by atoms with Crippen LogP contribution in [0.25, 0.3) is 6.08 Å². The first-order chi connectivity index (χ1) is 8.27. The van der Waals surface area contributed by atoms with Gasteiger partial charge in [0.1, 0.15) is 0 Å². The minimum atomic E-state index is -0.0265. The third-order valence-corrected chi connectivity index (χ3v) is 2.55. The van der Waals surface area contributed by atoms with E-state index in [1.54, 1.807) is 30.6 Å². The van der Waals surface area contributed by atoms with Crippen LogP contribution in [-0.4, -0.2) is 10.8 Å². The first-order valence-electron chi connectivity index (χ1n) is 5.45. The normalized spacial score (nSPS) is 10.6. The molecule has 2 nitrogen and oxygen atoms in total. The zero-order valence-corrected chi connectivity index (χ0v) is 9.63. The number of hydrogen-bond donors (Lipinski definition) is 0. The molecule has 0 unspecified atom stereocenters. The van der Waals surface area contributed by atoms with Crippen molar-refractivity contribution in [2.75, 3.05) is 0 Å². The number of pyridine rings is 1. The lowest BCUT2D eigenvalue weighted by Crippen LogP contribution is -1.94. The molecule has 0 aliphatic heterocycles. The summed E-state index contributed by atoms with van der Waals surface area (Å²) in [6, 6.07) is 11.5. The second-order valence-corrected chi connectivity index (χ2v) is 3.80. The SMILES string of the molecule is Cc1ccccc1/C=C/C(=O)c1cccnc1. The molecule has 0 saturated carbocycles. The van der Waals surface area contributed by atoms with Crippen LogP contribution in [0.5, 0.6) is 0 Å². The molecule has 1 aromatic heterocycles. The molecular formula is C15H13NO. The lowest BCUT2D eigenvalue weighted by molar-refractivity contribution is 0.104. The van der Waals surface area contributed by atoms with Crippen LogP contribution in [0, 0.1) is 6.92 Å². The zero-order chi connectivity index (χ0) is 12.1. The monoisotopic (exact) mass is 223 g/mol. The fourth-order valence-corrected chi connectivity index (χ4v) is 1.54. The van der Waals surface area contributed by atoms with Gasteiger partial charge in [0.2, 0.25) is 0 Å². The maximum Gasteiger partial charge on any atom is 0.187 e. The molecule has 0 aliphatic carbocycles. The summed E-state index contributed by atoms with van der Waals surface area (Å²) in [5.74, 6) is -0.0265. The van der Waals surface area contributed by atoms with Crippen molar-refractivity contribution in [2.24, 2.45) is 0 Å². The smallest absolute Gasteiger partial charge is 0.187 e. The van der Waals surface area contributed by atoms with Crippen molar-refractivity contribution in [2.45, 2.75) is 6.92 Å². The van der Waals surface area contributed by atoms with E-state index in [0.29, 0.717) is 5.56 Å². The molecule has 0 spiro atoms. The van der Waals surface area contributed by atoms with Gasteiger partial charge in [0.15, 0.2) is 5.78 Å². The van der Waals surface area contributed by atoms with E-state index in [4.69, 9.17) is 0 Å². The maximum absolute atomic E-state index is 11.8. The summed E-state index contributed by atoms with van der Waals surface area (Å²) in [6.45, 7) is 2.02. The van der Waals surface area contributed by atoms with Crippen LogP contribution in [0.2, 0.25) is 0 Å². The Hall–Kier alpha value is -2.22. The Labute approximate surface area is 101 Å². The van der Waals surface area contributed by atoms with Gasteiger partial charge in [-0.15, -0.1) is 0 Å². The van der Waals surface area contributed by atoms with Gasteiger partial charge in [-0.2, -0.15) is 0 Å². The van der Waals surface area contributed by atoms with Crippen LogP contribution in [0.1, 0.15) is 21.5 Å². The molecule has 2 heteroatoms. The number of aromatic nitrogens is 1. The van der Waals surface area contributed by atoms with E-state index in [2.05, 4.69) is 4.98 Å². The molecule has 84 valence electrons. The number of aryl methyl sites for hydroxylation is 1. The Balaban J connectivity index is 2.17. The van der Waals surface area contributed by atoms with Gasteiger partial charge in [0.05, 0.1) is 0 Å². The van der Waals surface area contributed by atoms with Crippen LogP contribution in [0.4, 0.5) is 0 Å². The van der Waals surface area contributed by atoms with E-state index < -0.39 is 0 Å². The van der Waals surface area contributed by atoms with Crippen molar-refractivity contribution < 1.29 is 4.79 Å². The number of hydrogen-bond acceptors (Lipinski definition) is 2. The largest absolute Gasteiger partial charge is 0.289 e. The van der Waals surface area contributed by atoms with Gasteiger partial charge in [-0.1, -0.05) is 30.3 Å². The van der Waals surface area contributed by atoms with Crippen molar-refractivity contribution in [3.05, 3.63) is 71.6 Å². The molecule has 0 amide bonds. The van der Waals surface area contributed by atoms with E-state index in [0.717, 1.165) is 11.1 Å². The summed E-state index contributed by atoms with van der Waals surface area (Å²) in [5.41, 5.74) is 2.82. The minimum absolute atomic E-state index is 0.0265. The number of rotatable bonds is 3. The topological polar surface area (TPSA) is 30.0 Å². The van der Waals surface area contributed by atoms with E-state index in [1.165, 1.54) is 0 Å². The van der Waals surface area contributed by atoms with Gasteiger partial charge in [-0.3, -0.25) is 9.78 Å². The summed E-state index contributed by atoms with van der Waals surface area (Å²) in [4.78, 5) is 15.7. The second-order valence-electron chi connectivity index (χ2n) is 3.80. The van der Waals surface area contributed by atoms with Gasteiger partial charge in [-0.05, 0) is 36.3 Å². The van der Waals surface area contributed by atoms with Crippen LogP contribution in [0.15, 0.2) is 54.9 Å². The van der Waals surface area contributed by atoms with Crippen molar-refractivity contribution in [1.82, 2.24) is 4.98 Å². The number of nitrogens with zero attached hydrogens (tertiary/aromatic N) is 1. The molecule has 2 rings (SSSR count). The lowest BCUT2D eigenvalue weighted by Gasteiger charge is -1.98. The molecule has 0 radical (unpaired) electrons. The molecule has 1 heterocycles. The zero-order valence-electron chi connectivity index (χ0n) is 9.63. The molecule has 0 N–H and O–H groups in total. The second kappa shape index (κ2) is 5.21. The Kier molecular flexibility index (Phi) is 3.46. The van der Waals surface area contributed by atoms with E-state index >= 15 is 0 Å². The van der Waals surface area contributed by atoms with Gasteiger partial charge in [0, 0.05) is 18.0 Å². The fourth-order valence-electron chi connectivity index (χ4n) is 1.54. The third-order valence-electron chi connectivity index (χ3n) is 2.55. The molecule has 0 bridgehead atoms. The summed E-state index contributed by atoms with van der Waals surface area (Å²) in [6.07, 6.45) is 6.65. The van der Waals surface area contributed by atoms with Crippen molar-refractivity contribution in [3.8, 4) is 0 Å². The molecule has 0 saturated heterocycles. The van der Waals surface area contributed by atoms with E-state index in [9.17, 15) is 4.79 Å². The average Bonchev–Trinajstić information content (AvgIpc) is 2.38. The first-order valence-corrected chi connectivity index (χ1v) is 5.45. The molecular weight excluding hydrogens is 210 g/mol. The van der Waals surface area contributed by atoms with Crippen LogP contribution >= 0.6 is 0 Å². The Bertz CT molecular complexity index is 544. The Morgan fingerprint density at radius 1 is 1.18 bits per heavy atom. The lowest BCUT2D eigenvalue weighted by atomic mass is 10.1. The standard InChI is InChI=1S/C15H13NO/c1-12-5-2-3-6-13(12)8-9-15(17)14-7-4-10-16-11-14/h2-11H,1H3/b9-8+. The number of benzene rings is 1. The highest BCUT2D eigenvalue weighted by Gasteiger charge is 2.00. The van der Waals surface area contributed by atoms with E-state index in [1.807, 2.05) is 37.3 Å². The molecule has 2 aromatic rings. The van der Waals surface area contributed by atoms with E-state index in [-0.39, 0.29) is 5.78 Å². The average molecular weight is 223 g/mol. The summed E-state index contributed by atoms with van der Waals surface area (Å²) >= 11 is 0. The molecule has 17 heavy (non-hydrogen) atoms. The van der Waals surface area contributed by atoms with Crippen molar-refractivity contribution >= 4 is 11.9 Å². The molecule has 1 aromatic carbocycles. The van der Waals surface area contributed by atoms with Gasteiger partial charge in [-0.25, -0.2) is 0 Å². The van der Waals surface area contributed by atoms with Crippen LogP contribution < -0.4 is 0 Å². The van der Waals surface area contributed by atoms with Crippen molar-refractivity contribution in [3.63, 3.8) is 0 Å². The molecule has 0 atom stereocenters. The molecule has 0 fully saturated rings. The predicted molar refractivity (Wildman–Crippen MR) is 68.8 cm³/mol. The Morgan fingerprint density at radius 3 is 2.71 bits per heavy atom. The minimum Gasteiger partial charge on any atom is -0.289 e. The predicted octanol–water partition coefficient (Wildman–Crippen LogP) is 3.29. The summed E-state index contributed by atoms with van der Waals surface area (Å²) in [7, 11) is 0. The Morgan fingerprint density at radius 2 is 2.00 bits per heavy atom. The first kappa shape index (κ1) is 11.3. The number of carbonyl (C=O) groups is 1. The van der Waals surface area contributed by atoms with Crippen LogP contribution in [0.3, 0.4) is 0 Å². The fraction of sp³-hybridized carbons (Fsp3) is 0.0667. The highest BCUT2D eigenvalue weighted by molar-refractivity contribution is 6.06. The maximum atomic E-state index is 11.8. The third kappa shape index (κ3) is 2.88. The van der Waals surface area contributed by atoms with Crippen LogP contribution in [-0.2, 0) is 0 Å². The van der Waals surface area contributed by atoms with Gasteiger partial charge < -0.3 is 0 Å². The number of allylic oxidation sites excluding steroid dienone is 1. The number of carbonyl (C=O) groups excluding carboxylic acids is 1. The number of ketones is 1. The summed E-state index contributed by atoms with van der Waals surface area (Å²) in [5, 5.41) is 0. The van der Waals surface area contributed by atoms with Crippen molar-refractivity contribution in [1.29, 1.82) is 0 Å². The van der Waals surface area contributed by atoms with Gasteiger partial charge in [0.25, 0.3) is 0 Å². The highest BCUT2D eigenvalue weighted by atomic mass is 16.1. The highest BCUT2D eigenvalue weighted by Crippen LogP contribution is 2.09. The quantitative estimate of drug-likeness (QED) is 0.590. The molecule has 0 aliphatic rings. The summed E-state index contributed by atoms with van der Waals surface area (Å²) < 4.78 is 0.